The molecule has 0 radical (unpaired) electrons. The first-order valence-electron chi connectivity index (χ1n) is 6.98. The van der Waals surface area contributed by atoms with Crippen LogP contribution in [0.4, 0.5) is 0 Å². The Hall–Kier alpha value is -2.37. The second-order valence-electron chi connectivity index (χ2n) is 4.77. The van der Waals surface area contributed by atoms with Gasteiger partial charge in [-0.3, -0.25) is 4.79 Å². The van der Waals surface area contributed by atoms with Crippen LogP contribution >= 0.6 is 0 Å². The summed E-state index contributed by atoms with van der Waals surface area (Å²) in [5.74, 6) is 1.34. The van der Waals surface area contributed by atoms with Crippen molar-refractivity contribution in [2.75, 3.05) is 7.11 Å². The third kappa shape index (κ3) is 3.59. The number of methoxy groups -OCH3 is 1. The highest BCUT2D eigenvalue weighted by Gasteiger charge is 2.16. The molecule has 0 aliphatic rings. The molecule has 2 aromatic rings. The minimum atomic E-state index is -0.200. The molecule has 6 nitrogen and oxygen atoms in total. The van der Waals surface area contributed by atoms with Crippen LogP contribution in [0.5, 0.6) is 5.75 Å². The van der Waals surface area contributed by atoms with Crippen molar-refractivity contribution >= 4 is 5.91 Å². The zero-order valence-corrected chi connectivity index (χ0v) is 12.5. The first kappa shape index (κ1) is 15.0. The van der Waals surface area contributed by atoms with Crippen LogP contribution in [0.1, 0.15) is 42.5 Å². The number of nitrogens with one attached hydrogen (secondary N) is 1. The quantitative estimate of drug-likeness (QED) is 0.884. The molecule has 2 rings (SSSR count). The van der Waals surface area contributed by atoms with Gasteiger partial charge in [-0.1, -0.05) is 6.92 Å². The van der Waals surface area contributed by atoms with Crippen molar-refractivity contribution in [3.63, 3.8) is 0 Å². The van der Waals surface area contributed by atoms with E-state index in [0.717, 1.165) is 24.5 Å². The standard InChI is InChI=1S/C15H20N4O2/c1-4-9-19-14(16-10-17-19)11(2)18-15(20)12-5-7-13(21-3)8-6-12/h5-8,10-11H,4,9H2,1-3H3,(H,18,20). The Labute approximate surface area is 124 Å². The van der Waals surface area contributed by atoms with E-state index in [1.807, 2.05) is 11.6 Å². The van der Waals surface area contributed by atoms with Crippen LogP contribution in [0.2, 0.25) is 0 Å². The van der Waals surface area contributed by atoms with Gasteiger partial charge in [0.05, 0.1) is 13.2 Å². The Morgan fingerprint density at radius 2 is 2.10 bits per heavy atom. The van der Waals surface area contributed by atoms with Gasteiger partial charge in [0, 0.05) is 12.1 Å². The van der Waals surface area contributed by atoms with E-state index in [4.69, 9.17) is 4.74 Å². The summed E-state index contributed by atoms with van der Waals surface area (Å²) in [5.41, 5.74) is 0.587. The number of amides is 1. The second kappa shape index (κ2) is 6.88. The Morgan fingerprint density at radius 3 is 2.71 bits per heavy atom. The van der Waals surface area contributed by atoms with Crippen LogP contribution in [0.25, 0.3) is 0 Å². The van der Waals surface area contributed by atoms with Crippen LogP contribution in [0, 0.1) is 0 Å². The number of carbonyl (C=O) groups excluding carboxylic acids is 1. The van der Waals surface area contributed by atoms with E-state index in [1.165, 1.54) is 6.33 Å². The number of aromatic nitrogens is 3. The predicted molar refractivity (Wildman–Crippen MR) is 79.2 cm³/mol. The van der Waals surface area contributed by atoms with E-state index in [2.05, 4.69) is 22.3 Å². The maximum absolute atomic E-state index is 12.2. The normalized spacial score (nSPS) is 12.0. The SMILES string of the molecule is CCCn1ncnc1C(C)NC(=O)c1ccc(OC)cc1. The van der Waals surface area contributed by atoms with Gasteiger partial charge in [-0.05, 0) is 37.6 Å². The minimum Gasteiger partial charge on any atom is -0.497 e. The number of carbonyl (C=O) groups is 1. The van der Waals surface area contributed by atoms with Crippen LogP contribution in [0.15, 0.2) is 30.6 Å². The topological polar surface area (TPSA) is 69.0 Å². The highest BCUT2D eigenvalue weighted by molar-refractivity contribution is 5.94. The Bertz CT molecular complexity index is 592. The summed E-state index contributed by atoms with van der Waals surface area (Å²) in [6, 6.07) is 6.79. The Kier molecular flexibility index (Phi) is 4.92. The van der Waals surface area contributed by atoms with Gasteiger partial charge in [0.25, 0.3) is 5.91 Å². The molecule has 1 atom stereocenters. The van der Waals surface area contributed by atoms with Crippen molar-refractivity contribution in [1.82, 2.24) is 20.1 Å². The summed E-state index contributed by atoms with van der Waals surface area (Å²) in [6.45, 7) is 4.77. The molecule has 1 aromatic heterocycles. The van der Waals surface area contributed by atoms with E-state index in [9.17, 15) is 4.79 Å². The summed E-state index contributed by atoms with van der Waals surface area (Å²) in [6.07, 6.45) is 2.48. The maximum atomic E-state index is 12.2. The lowest BCUT2D eigenvalue weighted by Crippen LogP contribution is -2.29. The van der Waals surface area contributed by atoms with E-state index in [1.54, 1.807) is 31.4 Å². The summed E-state index contributed by atoms with van der Waals surface area (Å²) in [5, 5.41) is 7.10. The van der Waals surface area contributed by atoms with Crippen molar-refractivity contribution < 1.29 is 9.53 Å². The fourth-order valence-electron chi connectivity index (χ4n) is 2.08. The summed E-state index contributed by atoms with van der Waals surface area (Å²) in [7, 11) is 1.59. The summed E-state index contributed by atoms with van der Waals surface area (Å²) >= 11 is 0. The third-order valence-electron chi connectivity index (χ3n) is 3.17. The van der Waals surface area contributed by atoms with Crippen molar-refractivity contribution in [3.8, 4) is 5.75 Å². The van der Waals surface area contributed by atoms with Crippen LogP contribution < -0.4 is 10.1 Å². The number of hydrogen-bond donors (Lipinski definition) is 1. The zero-order valence-electron chi connectivity index (χ0n) is 12.5. The van der Waals surface area contributed by atoms with Crippen LogP contribution in [0.3, 0.4) is 0 Å². The smallest absolute Gasteiger partial charge is 0.251 e. The molecular weight excluding hydrogens is 268 g/mol. The molecule has 1 unspecified atom stereocenters. The number of hydrogen-bond acceptors (Lipinski definition) is 4. The van der Waals surface area contributed by atoms with Gasteiger partial charge in [0.2, 0.25) is 0 Å². The van der Waals surface area contributed by atoms with E-state index in [0.29, 0.717) is 5.56 Å². The van der Waals surface area contributed by atoms with Crippen molar-refractivity contribution in [2.45, 2.75) is 32.9 Å². The van der Waals surface area contributed by atoms with Crippen molar-refractivity contribution in [1.29, 1.82) is 0 Å². The number of benzene rings is 1. The second-order valence-corrected chi connectivity index (χ2v) is 4.77. The lowest BCUT2D eigenvalue weighted by molar-refractivity contribution is 0.0937. The molecule has 0 aliphatic carbocycles. The van der Waals surface area contributed by atoms with Crippen molar-refractivity contribution in [2.24, 2.45) is 0 Å². The molecule has 0 fully saturated rings. The molecule has 0 saturated heterocycles. The predicted octanol–water partition coefficient (Wildman–Crippen LogP) is 2.19. The molecule has 0 saturated carbocycles. The van der Waals surface area contributed by atoms with Gasteiger partial charge < -0.3 is 10.1 Å². The minimum absolute atomic E-state index is 0.142. The largest absolute Gasteiger partial charge is 0.497 e. The van der Waals surface area contributed by atoms with Gasteiger partial charge in [0.15, 0.2) is 0 Å². The van der Waals surface area contributed by atoms with Crippen molar-refractivity contribution in [3.05, 3.63) is 42.0 Å². The molecule has 0 aliphatic heterocycles. The molecular formula is C15H20N4O2. The van der Waals surface area contributed by atoms with Gasteiger partial charge >= 0.3 is 0 Å². The monoisotopic (exact) mass is 288 g/mol. The van der Waals surface area contributed by atoms with Crippen LogP contribution in [-0.2, 0) is 6.54 Å². The first-order chi connectivity index (χ1) is 10.2. The maximum Gasteiger partial charge on any atom is 0.251 e. The highest BCUT2D eigenvalue weighted by atomic mass is 16.5. The van der Waals surface area contributed by atoms with Gasteiger partial charge in [0.1, 0.15) is 17.9 Å². The lowest BCUT2D eigenvalue weighted by Gasteiger charge is -2.14. The van der Waals surface area contributed by atoms with E-state index >= 15 is 0 Å². The number of ether oxygens (including phenoxy) is 1. The van der Waals surface area contributed by atoms with Gasteiger partial charge in [-0.2, -0.15) is 5.10 Å². The fourth-order valence-corrected chi connectivity index (χ4v) is 2.08. The molecule has 6 heteroatoms. The lowest BCUT2D eigenvalue weighted by atomic mass is 10.2. The average Bonchev–Trinajstić information content (AvgIpc) is 2.96. The van der Waals surface area contributed by atoms with Gasteiger partial charge in [-0.25, -0.2) is 9.67 Å². The van der Waals surface area contributed by atoms with Crippen LogP contribution in [-0.4, -0.2) is 27.8 Å². The fraction of sp³-hybridized carbons (Fsp3) is 0.400. The molecule has 1 N–H and O–H groups in total. The first-order valence-corrected chi connectivity index (χ1v) is 6.98. The molecule has 1 heterocycles. The summed E-state index contributed by atoms with van der Waals surface area (Å²) in [4.78, 5) is 16.4. The molecule has 0 bridgehead atoms. The zero-order chi connectivity index (χ0) is 15.2. The highest BCUT2D eigenvalue weighted by Crippen LogP contribution is 2.14. The Balaban J connectivity index is 2.05. The number of nitrogens with zero attached hydrogens (tertiary/aromatic N) is 3. The molecule has 1 aromatic carbocycles. The van der Waals surface area contributed by atoms with Gasteiger partial charge in [-0.15, -0.1) is 0 Å². The summed E-state index contributed by atoms with van der Waals surface area (Å²) < 4.78 is 6.90. The molecule has 21 heavy (non-hydrogen) atoms. The third-order valence-corrected chi connectivity index (χ3v) is 3.17. The Morgan fingerprint density at radius 1 is 1.38 bits per heavy atom. The number of rotatable bonds is 6. The molecule has 112 valence electrons. The average molecular weight is 288 g/mol. The molecule has 1 amide bonds. The van der Waals surface area contributed by atoms with E-state index in [-0.39, 0.29) is 11.9 Å². The number of aryl methyl sites for hydroxylation is 1. The van der Waals surface area contributed by atoms with E-state index < -0.39 is 0 Å². The molecule has 0 spiro atoms.